The van der Waals surface area contributed by atoms with E-state index in [2.05, 4.69) is 15.5 Å². The molecule has 1 aromatic heterocycles. The first-order valence-corrected chi connectivity index (χ1v) is 5.02. The molecule has 1 heterocycles. The van der Waals surface area contributed by atoms with E-state index in [4.69, 9.17) is 16.9 Å². The van der Waals surface area contributed by atoms with E-state index in [0.717, 1.165) is 0 Å². The van der Waals surface area contributed by atoms with Crippen molar-refractivity contribution in [2.45, 2.75) is 0 Å². The van der Waals surface area contributed by atoms with Crippen molar-refractivity contribution in [3.8, 4) is 6.07 Å². The Bertz CT molecular complexity index is 594. The Labute approximate surface area is 102 Å². The van der Waals surface area contributed by atoms with Crippen LogP contribution in [0.4, 0.5) is 15.9 Å². The summed E-state index contributed by atoms with van der Waals surface area (Å²) in [6.45, 7) is 0. The molecule has 0 amide bonds. The van der Waals surface area contributed by atoms with E-state index in [9.17, 15) is 4.39 Å². The van der Waals surface area contributed by atoms with E-state index in [1.807, 2.05) is 6.07 Å². The van der Waals surface area contributed by atoms with E-state index in [0.29, 0.717) is 5.02 Å². The maximum absolute atomic E-state index is 13.5. The van der Waals surface area contributed by atoms with Gasteiger partial charge in [0.2, 0.25) is 0 Å². The summed E-state index contributed by atoms with van der Waals surface area (Å²) in [5, 5.41) is 19.2. The van der Waals surface area contributed by atoms with Crippen LogP contribution in [0.15, 0.2) is 30.5 Å². The Morgan fingerprint density at radius 1 is 1.35 bits per heavy atom. The quantitative estimate of drug-likeness (QED) is 0.888. The molecule has 0 saturated carbocycles. The second-order valence-electron chi connectivity index (χ2n) is 3.15. The second-order valence-corrected chi connectivity index (χ2v) is 3.59. The molecular weight excluding hydrogens is 243 g/mol. The van der Waals surface area contributed by atoms with Crippen molar-refractivity contribution in [1.29, 1.82) is 5.26 Å². The Balaban J connectivity index is 2.35. The first-order chi connectivity index (χ1) is 8.20. The third-order valence-electron chi connectivity index (χ3n) is 2.03. The van der Waals surface area contributed by atoms with Gasteiger partial charge < -0.3 is 5.32 Å². The molecule has 0 aliphatic heterocycles. The molecule has 17 heavy (non-hydrogen) atoms. The molecule has 0 atom stereocenters. The maximum Gasteiger partial charge on any atom is 0.171 e. The lowest BCUT2D eigenvalue weighted by molar-refractivity contribution is 0.632. The van der Waals surface area contributed by atoms with Crippen LogP contribution < -0.4 is 5.32 Å². The lowest BCUT2D eigenvalue weighted by Gasteiger charge is -2.07. The van der Waals surface area contributed by atoms with E-state index in [-0.39, 0.29) is 17.1 Å². The van der Waals surface area contributed by atoms with Gasteiger partial charge in [0.05, 0.1) is 17.4 Å². The van der Waals surface area contributed by atoms with Crippen molar-refractivity contribution >= 4 is 23.1 Å². The lowest BCUT2D eigenvalue weighted by atomic mass is 10.2. The number of anilines is 2. The summed E-state index contributed by atoms with van der Waals surface area (Å²) in [5.41, 5.74) is 0.473. The van der Waals surface area contributed by atoms with E-state index >= 15 is 0 Å². The summed E-state index contributed by atoms with van der Waals surface area (Å²) in [5.74, 6) is -0.316. The Morgan fingerprint density at radius 3 is 2.88 bits per heavy atom. The number of benzene rings is 1. The molecule has 6 heteroatoms. The molecule has 2 aromatic rings. The molecular formula is C11H6ClFN4. The second kappa shape index (κ2) is 4.76. The highest BCUT2D eigenvalue weighted by Crippen LogP contribution is 2.22. The monoisotopic (exact) mass is 248 g/mol. The molecule has 0 bridgehead atoms. The minimum Gasteiger partial charge on any atom is -0.335 e. The third kappa shape index (κ3) is 2.49. The molecule has 0 aliphatic carbocycles. The van der Waals surface area contributed by atoms with Crippen molar-refractivity contribution in [3.05, 3.63) is 46.9 Å². The van der Waals surface area contributed by atoms with Crippen molar-refractivity contribution in [2.24, 2.45) is 0 Å². The van der Waals surface area contributed by atoms with Gasteiger partial charge >= 0.3 is 0 Å². The summed E-state index contributed by atoms with van der Waals surface area (Å²) < 4.78 is 13.5. The highest BCUT2D eigenvalue weighted by molar-refractivity contribution is 6.30. The minimum atomic E-state index is -0.521. The fraction of sp³-hybridized carbons (Fsp3) is 0. The molecule has 0 fully saturated rings. The van der Waals surface area contributed by atoms with Gasteiger partial charge in [-0.05, 0) is 24.3 Å². The smallest absolute Gasteiger partial charge is 0.171 e. The minimum absolute atomic E-state index is 0.186. The lowest BCUT2D eigenvalue weighted by Crippen LogP contribution is -2.00. The Morgan fingerprint density at radius 2 is 2.18 bits per heavy atom. The van der Waals surface area contributed by atoms with Crippen LogP contribution in [0.1, 0.15) is 5.56 Å². The van der Waals surface area contributed by atoms with Crippen molar-refractivity contribution in [1.82, 2.24) is 10.2 Å². The van der Waals surface area contributed by atoms with Gasteiger partial charge in [0, 0.05) is 5.02 Å². The van der Waals surface area contributed by atoms with Crippen LogP contribution in [0.2, 0.25) is 5.02 Å². The highest BCUT2D eigenvalue weighted by Gasteiger charge is 2.07. The standard InChI is InChI=1S/C11H6ClFN4/c12-8-1-2-10(9(13)5-8)16-11-7(6-14)3-4-15-17-11/h1-5H,(H,16,17). The summed E-state index contributed by atoms with van der Waals surface area (Å²) in [6.07, 6.45) is 1.39. The number of hydrogen-bond donors (Lipinski definition) is 1. The fourth-order valence-corrected chi connectivity index (χ4v) is 1.39. The van der Waals surface area contributed by atoms with Gasteiger partial charge in [0.1, 0.15) is 11.9 Å². The van der Waals surface area contributed by atoms with Crippen LogP contribution >= 0.6 is 11.6 Å². The van der Waals surface area contributed by atoms with Gasteiger partial charge in [-0.25, -0.2) is 4.39 Å². The van der Waals surface area contributed by atoms with Gasteiger partial charge in [-0.1, -0.05) is 11.6 Å². The maximum atomic E-state index is 13.5. The highest BCUT2D eigenvalue weighted by atomic mass is 35.5. The number of nitrogens with zero attached hydrogens (tertiary/aromatic N) is 3. The van der Waals surface area contributed by atoms with E-state index in [1.165, 1.54) is 30.5 Å². The summed E-state index contributed by atoms with van der Waals surface area (Å²) in [6, 6.07) is 7.60. The number of aromatic nitrogens is 2. The zero-order valence-corrected chi connectivity index (χ0v) is 9.24. The number of rotatable bonds is 2. The molecule has 0 unspecified atom stereocenters. The number of halogens is 2. The number of nitriles is 1. The van der Waals surface area contributed by atoms with Crippen LogP contribution in [-0.2, 0) is 0 Å². The summed E-state index contributed by atoms with van der Waals surface area (Å²) in [7, 11) is 0. The van der Waals surface area contributed by atoms with Crippen molar-refractivity contribution in [2.75, 3.05) is 5.32 Å². The van der Waals surface area contributed by atoms with Gasteiger partial charge in [-0.3, -0.25) is 0 Å². The summed E-state index contributed by atoms with van der Waals surface area (Å²) in [4.78, 5) is 0. The van der Waals surface area contributed by atoms with Crippen LogP contribution in [-0.4, -0.2) is 10.2 Å². The number of hydrogen-bond acceptors (Lipinski definition) is 4. The Hall–Kier alpha value is -2.19. The molecule has 84 valence electrons. The van der Waals surface area contributed by atoms with Gasteiger partial charge in [0.25, 0.3) is 0 Å². The largest absolute Gasteiger partial charge is 0.335 e. The molecule has 0 radical (unpaired) electrons. The zero-order chi connectivity index (χ0) is 12.3. The van der Waals surface area contributed by atoms with Crippen molar-refractivity contribution in [3.63, 3.8) is 0 Å². The topological polar surface area (TPSA) is 61.6 Å². The molecule has 1 N–H and O–H groups in total. The fourth-order valence-electron chi connectivity index (χ4n) is 1.23. The van der Waals surface area contributed by atoms with Gasteiger partial charge in [0.15, 0.2) is 5.82 Å². The first-order valence-electron chi connectivity index (χ1n) is 4.64. The average molecular weight is 249 g/mol. The van der Waals surface area contributed by atoms with Crippen LogP contribution in [0, 0.1) is 17.1 Å². The zero-order valence-electron chi connectivity index (χ0n) is 8.48. The van der Waals surface area contributed by atoms with Crippen LogP contribution in [0.5, 0.6) is 0 Å². The predicted molar refractivity (Wildman–Crippen MR) is 61.4 cm³/mol. The van der Waals surface area contributed by atoms with E-state index in [1.54, 1.807) is 0 Å². The summed E-state index contributed by atoms with van der Waals surface area (Å²) >= 11 is 5.63. The van der Waals surface area contributed by atoms with Crippen LogP contribution in [0.25, 0.3) is 0 Å². The Kier molecular flexibility index (Phi) is 3.17. The molecule has 4 nitrogen and oxygen atoms in total. The number of nitrogens with one attached hydrogen (secondary N) is 1. The molecule has 0 aliphatic rings. The van der Waals surface area contributed by atoms with E-state index < -0.39 is 5.82 Å². The molecule has 0 spiro atoms. The first kappa shape index (κ1) is 11.3. The SMILES string of the molecule is N#Cc1ccnnc1Nc1ccc(Cl)cc1F. The normalized spacial score (nSPS) is 9.71. The predicted octanol–water partition coefficient (Wildman–Crippen LogP) is 2.88. The average Bonchev–Trinajstić information content (AvgIpc) is 2.33. The van der Waals surface area contributed by atoms with Gasteiger partial charge in [-0.2, -0.15) is 10.4 Å². The van der Waals surface area contributed by atoms with Crippen LogP contribution in [0.3, 0.4) is 0 Å². The van der Waals surface area contributed by atoms with Gasteiger partial charge in [-0.15, -0.1) is 5.10 Å². The third-order valence-corrected chi connectivity index (χ3v) is 2.26. The molecule has 1 aromatic carbocycles. The molecule has 0 saturated heterocycles. The van der Waals surface area contributed by atoms with Crippen molar-refractivity contribution < 1.29 is 4.39 Å². The molecule has 2 rings (SSSR count).